The number of carbonyl (C=O) groups is 3. The first-order valence-electron chi connectivity index (χ1n) is 8.02. The normalized spacial score (nSPS) is 13.0. The zero-order valence-electron chi connectivity index (χ0n) is 13.8. The summed E-state index contributed by atoms with van der Waals surface area (Å²) in [6.07, 6.45) is 3.84. The number of para-hydroxylation sites is 1. The van der Waals surface area contributed by atoms with Gasteiger partial charge in [-0.15, -0.1) is 0 Å². The molecule has 2 aromatic carbocycles. The Labute approximate surface area is 152 Å². The summed E-state index contributed by atoms with van der Waals surface area (Å²) in [5.41, 5.74) is 1.30. The monoisotopic (exact) mass is 360 g/mol. The van der Waals surface area contributed by atoms with Gasteiger partial charge in [-0.25, -0.2) is 0 Å². The molecule has 1 aromatic heterocycles. The average Bonchev–Trinajstić information content (AvgIpc) is 2.95. The van der Waals surface area contributed by atoms with Crippen LogP contribution in [0.15, 0.2) is 64.0 Å². The van der Waals surface area contributed by atoms with E-state index in [1.165, 1.54) is 36.6 Å². The zero-order chi connectivity index (χ0) is 19.0. The second-order valence-corrected chi connectivity index (χ2v) is 5.88. The van der Waals surface area contributed by atoms with E-state index in [0.29, 0.717) is 16.7 Å². The first-order chi connectivity index (χ1) is 13.0. The summed E-state index contributed by atoms with van der Waals surface area (Å²) in [5.74, 6) is -1.46. The van der Waals surface area contributed by atoms with Gasteiger partial charge in [-0.3, -0.25) is 24.5 Å². The standard InChI is InChI=1S/C20H12N2O5/c23-17(21-12-6-7-13-15(9-12)20(26)22-19(13)25)8-5-11-10-27-16-4-2-1-3-14(16)18(11)24/h1-10H,(H,21,23)(H,22,25,26)/b8-5+. The van der Waals surface area contributed by atoms with Crippen molar-refractivity contribution < 1.29 is 18.8 Å². The summed E-state index contributed by atoms with van der Waals surface area (Å²) < 4.78 is 5.39. The van der Waals surface area contributed by atoms with Crippen molar-refractivity contribution in [3.05, 3.63) is 81.7 Å². The first kappa shape index (κ1) is 16.5. The number of imide groups is 1. The molecule has 0 unspecified atom stereocenters. The molecule has 0 spiro atoms. The summed E-state index contributed by atoms with van der Waals surface area (Å²) in [7, 11) is 0. The van der Waals surface area contributed by atoms with E-state index in [4.69, 9.17) is 4.42 Å². The fourth-order valence-electron chi connectivity index (χ4n) is 2.80. The van der Waals surface area contributed by atoms with Crippen molar-refractivity contribution in [3.8, 4) is 0 Å². The van der Waals surface area contributed by atoms with Crippen molar-refractivity contribution >= 4 is 40.5 Å². The number of benzene rings is 2. The predicted octanol–water partition coefficient (Wildman–Crippen LogP) is 2.33. The number of hydrogen-bond donors (Lipinski definition) is 2. The van der Waals surface area contributed by atoms with Gasteiger partial charge in [-0.1, -0.05) is 12.1 Å². The van der Waals surface area contributed by atoms with E-state index in [-0.39, 0.29) is 22.1 Å². The number of hydrogen-bond acceptors (Lipinski definition) is 5. The predicted molar refractivity (Wildman–Crippen MR) is 98.4 cm³/mol. The van der Waals surface area contributed by atoms with Gasteiger partial charge in [-0.05, 0) is 36.4 Å². The third-order valence-corrected chi connectivity index (χ3v) is 4.12. The van der Waals surface area contributed by atoms with Crippen LogP contribution in [0.2, 0.25) is 0 Å². The lowest BCUT2D eigenvalue weighted by Gasteiger charge is -2.03. The third kappa shape index (κ3) is 3.02. The Morgan fingerprint density at radius 3 is 2.63 bits per heavy atom. The summed E-state index contributed by atoms with van der Waals surface area (Å²) in [4.78, 5) is 47.7. The highest BCUT2D eigenvalue weighted by Gasteiger charge is 2.26. The fourth-order valence-corrected chi connectivity index (χ4v) is 2.80. The van der Waals surface area contributed by atoms with E-state index in [0.717, 1.165) is 0 Å². The van der Waals surface area contributed by atoms with Gasteiger partial charge in [0, 0.05) is 11.8 Å². The lowest BCUT2D eigenvalue weighted by atomic mass is 10.1. The summed E-state index contributed by atoms with van der Waals surface area (Å²) >= 11 is 0. The molecule has 1 aliphatic rings. The van der Waals surface area contributed by atoms with Gasteiger partial charge in [0.2, 0.25) is 5.91 Å². The van der Waals surface area contributed by atoms with Crippen LogP contribution in [-0.2, 0) is 4.79 Å². The molecular weight excluding hydrogens is 348 g/mol. The van der Waals surface area contributed by atoms with Crippen molar-refractivity contribution in [1.82, 2.24) is 5.32 Å². The molecule has 7 nitrogen and oxygen atoms in total. The van der Waals surface area contributed by atoms with Gasteiger partial charge in [0.1, 0.15) is 11.8 Å². The Kier molecular flexibility index (Phi) is 3.89. The van der Waals surface area contributed by atoms with E-state index >= 15 is 0 Å². The van der Waals surface area contributed by atoms with Crippen molar-refractivity contribution in [2.75, 3.05) is 5.32 Å². The Morgan fingerprint density at radius 1 is 1.00 bits per heavy atom. The topological polar surface area (TPSA) is 105 Å². The minimum absolute atomic E-state index is 0.206. The van der Waals surface area contributed by atoms with Crippen LogP contribution < -0.4 is 16.1 Å². The molecule has 4 rings (SSSR count). The van der Waals surface area contributed by atoms with E-state index in [9.17, 15) is 19.2 Å². The van der Waals surface area contributed by atoms with Crippen LogP contribution >= 0.6 is 0 Å². The fraction of sp³-hybridized carbons (Fsp3) is 0. The number of anilines is 1. The minimum atomic E-state index is -0.504. The van der Waals surface area contributed by atoms with Crippen molar-refractivity contribution in [2.45, 2.75) is 0 Å². The molecule has 132 valence electrons. The molecule has 0 radical (unpaired) electrons. The maximum atomic E-state index is 12.4. The van der Waals surface area contributed by atoms with Gasteiger partial charge in [-0.2, -0.15) is 0 Å². The third-order valence-electron chi connectivity index (χ3n) is 4.12. The van der Waals surface area contributed by atoms with E-state index in [1.807, 2.05) is 0 Å². The van der Waals surface area contributed by atoms with Crippen LogP contribution in [0.3, 0.4) is 0 Å². The van der Waals surface area contributed by atoms with Gasteiger partial charge in [0.05, 0.1) is 22.1 Å². The Hall–Kier alpha value is -4.00. The maximum absolute atomic E-state index is 12.4. The number of rotatable bonds is 3. The number of amides is 3. The van der Waals surface area contributed by atoms with Gasteiger partial charge in [0.15, 0.2) is 5.43 Å². The molecule has 3 aromatic rings. The highest BCUT2D eigenvalue weighted by Crippen LogP contribution is 2.20. The molecule has 27 heavy (non-hydrogen) atoms. The van der Waals surface area contributed by atoms with E-state index in [1.54, 1.807) is 24.3 Å². The molecule has 0 saturated heterocycles. The lowest BCUT2D eigenvalue weighted by Crippen LogP contribution is -2.19. The Balaban J connectivity index is 1.54. The quantitative estimate of drug-likeness (QED) is 0.551. The minimum Gasteiger partial charge on any atom is -0.463 e. The molecule has 7 heteroatoms. The van der Waals surface area contributed by atoms with Gasteiger partial charge >= 0.3 is 0 Å². The van der Waals surface area contributed by atoms with Crippen molar-refractivity contribution in [1.29, 1.82) is 0 Å². The molecular formula is C20H12N2O5. The van der Waals surface area contributed by atoms with Gasteiger partial charge < -0.3 is 9.73 Å². The second-order valence-electron chi connectivity index (χ2n) is 5.88. The number of fused-ring (bicyclic) bond motifs is 2. The van der Waals surface area contributed by atoms with Crippen LogP contribution in [0.1, 0.15) is 26.3 Å². The molecule has 2 heterocycles. The Morgan fingerprint density at radius 2 is 1.78 bits per heavy atom. The molecule has 0 saturated carbocycles. The van der Waals surface area contributed by atoms with Gasteiger partial charge in [0.25, 0.3) is 11.8 Å². The van der Waals surface area contributed by atoms with Crippen LogP contribution in [0, 0.1) is 0 Å². The van der Waals surface area contributed by atoms with E-state index < -0.39 is 17.7 Å². The SMILES string of the molecule is O=C(/C=C/c1coc2ccccc2c1=O)Nc1ccc2c(c1)C(=O)NC2=O. The van der Waals surface area contributed by atoms with Crippen molar-refractivity contribution in [3.63, 3.8) is 0 Å². The zero-order valence-corrected chi connectivity index (χ0v) is 13.8. The van der Waals surface area contributed by atoms with Crippen molar-refractivity contribution in [2.24, 2.45) is 0 Å². The van der Waals surface area contributed by atoms with Crippen LogP contribution in [0.5, 0.6) is 0 Å². The first-order valence-corrected chi connectivity index (χ1v) is 8.02. The number of nitrogens with one attached hydrogen (secondary N) is 2. The maximum Gasteiger partial charge on any atom is 0.259 e. The van der Waals surface area contributed by atoms with Crippen LogP contribution in [0.25, 0.3) is 17.0 Å². The molecule has 3 amide bonds. The average molecular weight is 360 g/mol. The summed E-state index contributed by atoms with van der Waals surface area (Å²) in [5, 5.41) is 5.19. The smallest absolute Gasteiger partial charge is 0.259 e. The highest BCUT2D eigenvalue weighted by molar-refractivity contribution is 6.22. The molecule has 0 aliphatic carbocycles. The molecule has 1 aliphatic heterocycles. The highest BCUT2D eigenvalue weighted by atomic mass is 16.3. The van der Waals surface area contributed by atoms with Crippen LogP contribution in [-0.4, -0.2) is 17.7 Å². The molecule has 2 N–H and O–H groups in total. The largest absolute Gasteiger partial charge is 0.463 e. The lowest BCUT2D eigenvalue weighted by molar-refractivity contribution is -0.111. The summed E-state index contributed by atoms with van der Waals surface area (Å²) in [6, 6.07) is 11.2. The number of carbonyl (C=O) groups excluding carboxylic acids is 3. The molecule has 0 atom stereocenters. The summed E-state index contributed by atoms with van der Waals surface area (Å²) in [6.45, 7) is 0. The molecule has 0 fully saturated rings. The van der Waals surface area contributed by atoms with E-state index in [2.05, 4.69) is 10.6 Å². The Bertz CT molecular complexity index is 1210. The molecule has 0 bridgehead atoms. The van der Waals surface area contributed by atoms with Crippen LogP contribution in [0.4, 0.5) is 5.69 Å². The second kappa shape index (κ2) is 6.38.